The highest BCUT2D eigenvalue weighted by molar-refractivity contribution is 7.92. The summed E-state index contributed by atoms with van der Waals surface area (Å²) in [6.45, 7) is 1.50. The second kappa shape index (κ2) is 8.12. The van der Waals surface area contributed by atoms with Gasteiger partial charge in [-0.05, 0) is 54.8 Å². The molecule has 0 saturated carbocycles. The average Bonchev–Trinajstić information content (AvgIpc) is 3.16. The Kier molecular flexibility index (Phi) is 5.99. The molecule has 0 bridgehead atoms. The van der Waals surface area contributed by atoms with Crippen LogP contribution in [0.15, 0.2) is 75.8 Å². The summed E-state index contributed by atoms with van der Waals surface area (Å²) in [5.74, 6) is -0.549. The molecule has 9 heteroatoms. The van der Waals surface area contributed by atoms with Gasteiger partial charge in [-0.15, -0.1) is 11.3 Å². The number of benzene rings is 2. The molecule has 0 radical (unpaired) electrons. The van der Waals surface area contributed by atoms with E-state index in [1.54, 1.807) is 29.6 Å². The third-order valence-electron chi connectivity index (χ3n) is 4.17. The van der Waals surface area contributed by atoms with Gasteiger partial charge >= 0.3 is 0 Å². The summed E-state index contributed by atoms with van der Waals surface area (Å²) in [5, 5.41) is 0.593. The van der Waals surface area contributed by atoms with Crippen molar-refractivity contribution in [3.8, 4) is 0 Å². The molecule has 0 fully saturated rings. The second-order valence-corrected chi connectivity index (χ2v) is 11.0. The van der Waals surface area contributed by atoms with E-state index in [1.807, 2.05) is 6.92 Å². The minimum atomic E-state index is -3.94. The van der Waals surface area contributed by atoms with Crippen molar-refractivity contribution in [2.75, 3.05) is 6.54 Å². The van der Waals surface area contributed by atoms with Crippen molar-refractivity contribution in [2.24, 2.45) is 0 Å². The van der Waals surface area contributed by atoms with Gasteiger partial charge in [0, 0.05) is 11.4 Å². The number of nitrogens with one attached hydrogen (secondary N) is 1. The molecular formula is C19H18FNO4S3. The summed E-state index contributed by atoms with van der Waals surface area (Å²) in [6.07, 6.45) is 0. The number of sulfone groups is 1. The van der Waals surface area contributed by atoms with Crippen molar-refractivity contribution in [3.63, 3.8) is 0 Å². The van der Waals surface area contributed by atoms with Crippen LogP contribution in [0.3, 0.4) is 0 Å². The van der Waals surface area contributed by atoms with Crippen LogP contribution in [-0.4, -0.2) is 23.4 Å². The van der Waals surface area contributed by atoms with E-state index in [9.17, 15) is 21.2 Å². The lowest BCUT2D eigenvalue weighted by Gasteiger charge is -2.17. The van der Waals surface area contributed by atoms with E-state index in [-0.39, 0.29) is 16.3 Å². The van der Waals surface area contributed by atoms with Gasteiger partial charge in [-0.3, -0.25) is 0 Å². The molecule has 0 saturated heterocycles. The van der Waals surface area contributed by atoms with E-state index in [0.29, 0.717) is 4.88 Å². The smallest absolute Gasteiger partial charge is 0.223 e. The van der Waals surface area contributed by atoms with Crippen LogP contribution >= 0.6 is 11.3 Å². The van der Waals surface area contributed by atoms with Crippen LogP contribution in [-0.2, 0) is 19.9 Å². The highest BCUT2D eigenvalue weighted by Crippen LogP contribution is 2.32. The molecule has 0 spiro atoms. The molecule has 1 N–H and O–H groups in total. The van der Waals surface area contributed by atoms with Crippen LogP contribution in [0.25, 0.3) is 0 Å². The lowest BCUT2D eigenvalue weighted by molar-refractivity contribution is 0.569. The fourth-order valence-corrected chi connectivity index (χ4v) is 6.55. The van der Waals surface area contributed by atoms with Crippen molar-refractivity contribution in [1.82, 2.24) is 4.72 Å². The first-order valence-corrected chi connectivity index (χ1v) is 12.2. The minimum absolute atomic E-state index is 0.0576. The fraction of sp³-hybridized carbons (Fsp3) is 0.158. The lowest BCUT2D eigenvalue weighted by Crippen LogP contribution is -2.31. The molecule has 0 aliphatic rings. The molecule has 3 rings (SSSR count). The number of hydrogen-bond donors (Lipinski definition) is 1. The van der Waals surface area contributed by atoms with Crippen LogP contribution in [0, 0.1) is 12.7 Å². The summed E-state index contributed by atoms with van der Waals surface area (Å²) in [6, 6.07) is 14.1. The summed E-state index contributed by atoms with van der Waals surface area (Å²) >= 11 is 1.22. The maximum absolute atomic E-state index is 13.2. The molecule has 2 aromatic carbocycles. The molecule has 1 atom stereocenters. The van der Waals surface area contributed by atoms with Crippen LogP contribution in [0.5, 0.6) is 0 Å². The Morgan fingerprint density at radius 1 is 0.929 bits per heavy atom. The van der Waals surface area contributed by atoms with Gasteiger partial charge in [0.15, 0.2) is 9.84 Å². The Morgan fingerprint density at radius 2 is 1.54 bits per heavy atom. The quantitative estimate of drug-likeness (QED) is 0.570. The van der Waals surface area contributed by atoms with Crippen molar-refractivity contribution >= 4 is 31.2 Å². The second-order valence-electron chi connectivity index (χ2n) is 6.17. The predicted octanol–water partition coefficient (Wildman–Crippen LogP) is 3.69. The highest BCUT2D eigenvalue weighted by Gasteiger charge is 2.31. The molecule has 0 aliphatic heterocycles. The maximum atomic E-state index is 13.2. The van der Waals surface area contributed by atoms with Gasteiger partial charge in [0.1, 0.15) is 11.1 Å². The molecule has 1 aromatic heterocycles. The summed E-state index contributed by atoms with van der Waals surface area (Å²) in [7, 11) is -7.82. The fourth-order valence-electron chi connectivity index (χ4n) is 2.61. The van der Waals surface area contributed by atoms with E-state index in [4.69, 9.17) is 0 Å². The highest BCUT2D eigenvalue weighted by atomic mass is 32.2. The summed E-state index contributed by atoms with van der Waals surface area (Å²) in [5.41, 5.74) is 0.911. The standard InChI is InChI=1S/C19H18FNO4S3/c1-14-4-8-17(9-5-14)28(24,25)21-13-19(18-3-2-12-26-18)27(22,23)16-10-6-15(20)7-11-16/h2-12,19,21H,13H2,1H3. The lowest BCUT2D eigenvalue weighted by atomic mass is 10.2. The molecule has 3 aromatic rings. The largest absolute Gasteiger partial charge is 0.240 e. The van der Waals surface area contributed by atoms with Crippen molar-refractivity contribution in [1.29, 1.82) is 0 Å². The van der Waals surface area contributed by atoms with E-state index < -0.39 is 30.9 Å². The number of hydrogen-bond acceptors (Lipinski definition) is 5. The van der Waals surface area contributed by atoms with E-state index >= 15 is 0 Å². The van der Waals surface area contributed by atoms with E-state index in [0.717, 1.165) is 17.7 Å². The zero-order chi connectivity index (χ0) is 20.4. The van der Waals surface area contributed by atoms with Gasteiger partial charge in [-0.25, -0.2) is 25.9 Å². The Balaban J connectivity index is 1.91. The van der Waals surface area contributed by atoms with Gasteiger partial charge in [0.05, 0.1) is 9.79 Å². The molecule has 1 unspecified atom stereocenters. The van der Waals surface area contributed by atoms with Gasteiger partial charge in [0.2, 0.25) is 10.0 Å². The maximum Gasteiger partial charge on any atom is 0.240 e. The van der Waals surface area contributed by atoms with Gasteiger partial charge in [-0.2, -0.15) is 0 Å². The van der Waals surface area contributed by atoms with Crippen LogP contribution < -0.4 is 4.72 Å². The van der Waals surface area contributed by atoms with Gasteiger partial charge < -0.3 is 0 Å². The first-order chi connectivity index (χ1) is 13.2. The Hall–Kier alpha value is -2.07. The normalized spacial score (nSPS) is 13.4. The number of rotatable bonds is 7. The Morgan fingerprint density at radius 3 is 2.11 bits per heavy atom. The van der Waals surface area contributed by atoms with Crippen LogP contribution in [0.1, 0.15) is 15.7 Å². The number of aryl methyl sites for hydroxylation is 1. The Bertz CT molecular complexity index is 1140. The molecule has 0 amide bonds. The third-order valence-corrected chi connectivity index (χ3v) is 8.84. The first kappa shape index (κ1) is 20.7. The van der Waals surface area contributed by atoms with Gasteiger partial charge in [-0.1, -0.05) is 23.8 Å². The summed E-state index contributed by atoms with van der Waals surface area (Å²) in [4.78, 5) is 0.486. The Labute approximate surface area is 167 Å². The summed E-state index contributed by atoms with van der Waals surface area (Å²) < 4.78 is 66.9. The number of sulfonamides is 1. The van der Waals surface area contributed by atoms with Crippen molar-refractivity contribution < 1.29 is 21.2 Å². The molecule has 5 nitrogen and oxygen atoms in total. The molecule has 28 heavy (non-hydrogen) atoms. The SMILES string of the molecule is Cc1ccc(S(=O)(=O)NCC(c2cccs2)S(=O)(=O)c2ccc(F)cc2)cc1. The van der Waals surface area contributed by atoms with E-state index in [1.165, 1.54) is 35.6 Å². The zero-order valence-electron chi connectivity index (χ0n) is 14.9. The first-order valence-electron chi connectivity index (χ1n) is 8.29. The van der Waals surface area contributed by atoms with E-state index in [2.05, 4.69) is 4.72 Å². The molecule has 0 aliphatic carbocycles. The third kappa shape index (κ3) is 4.49. The molecule has 148 valence electrons. The number of thiophene rings is 1. The predicted molar refractivity (Wildman–Crippen MR) is 107 cm³/mol. The molecule has 1 heterocycles. The van der Waals surface area contributed by atoms with Crippen LogP contribution in [0.2, 0.25) is 0 Å². The average molecular weight is 440 g/mol. The minimum Gasteiger partial charge on any atom is -0.223 e. The monoisotopic (exact) mass is 439 g/mol. The number of halogens is 1. The van der Waals surface area contributed by atoms with Crippen LogP contribution in [0.4, 0.5) is 4.39 Å². The van der Waals surface area contributed by atoms with Crippen molar-refractivity contribution in [2.45, 2.75) is 22.0 Å². The topological polar surface area (TPSA) is 80.3 Å². The van der Waals surface area contributed by atoms with Gasteiger partial charge in [0.25, 0.3) is 0 Å². The zero-order valence-corrected chi connectivity index (χ0v) is 17.3. The van der Waals surface area contributed by atoms with Crippen molar-refractivity contribution in [3.05, 3.63) is 82.3 Å². The molecular weight excluding hydrogens is 421 g/mol.